The maximum Gasteiger partial charge on any atom is 0.336 e. The van der Waals surface area contributed by atoms with E-state index in [1.54, 1.807) is 12.1 Å². The van der Waals surface area contributed by atoms with E-state index in [-0.39, 0.29) is 16.7 Å². The Balaban J connectivity index is 2.80. The highest BCUT2D eigenvalue weighted by atomic mass is 16.5. The number of rotatable bonds is 6. The first-order chi connectivity index (χ1) is 11.8. The van der Waals surface area contributed by atoms with Crippen molar-refractivity contribution in [1.82, 2.24) is 0 Å². The van der Waals surface area contributed by atoms with Gasteiger partial charge in [-0.2, -0.15) is 0 Å². The summed E-state index contributed by atoms with van der Waals surface area (Å²) < 4.78 is 15.8. The minimum atomic E-state index is -1.22. The van der Waals surface area contributed by atoms with Crippen molar-refractivity contribution in [2.75, 3.05) is 21.3 Å². The summed E-state index contributed by atoms with van der Waals surface area (Å²) in [7, 11) is 4.38. The van der Waals surface area contributed by atoms with Gasteiger partial charge in [0.05, 0.1) is 32.5 Å². The fourth-order valence-corrected chi connectivity index (χ4v) is 2.70. The molecule has 0 aliphatic carbocycles. The molecule has 0 aromatic heterocycles. The molecule has 2 aromatic rings. The zero-order chi connectivity index (χ0) is 18.7. The number of methoxy groups -OCH3 is 3. The number of benzene rings is 2. The second-order valence-corrected chi connectivity index (χ2v) is 5.19. The quantitative estimate of drug-likeness (QED) is 0.828. The van der Waals surface area contributed by atoms with E-state index in [4.69, 9.17) is 14.2 Å². The molecule has 0 aliphatic heterocycles. The molecule has 2 rings (SSSR count). The lowest BCUT2D eigenvalue weighted by Crippen LogP contribution is -2.09. The van der Waals surface area contributed by atoms with Gasteiger partial charge in [-0.05, 0) is 41.8 Å². The van der Waals surface area contributed by atoms with Crippen molar-refractivity contribution in [1.29, 1.82) is 0 Å². The third-order valence-corrected chi connectivity index (χ3v) is 3.89. The standard InChI is InChI=1S/C18H18O7/c1-9-11(17(19)20)5-6-12(15(9)18(21)22)10-7-13(23-2)16(25-4)14(8-10)24-3/h5-8H,1-4H3,(H,19,20)(H,21,22). The van der Waals surface area contributed by atoms with Crippen molar-refractivity contribution in [2.45, 2.75) is 6.92 Å². The van der Waals surface area contributed by atoms with Gasteiger partial charge in [0.2, 0.25) is 5.75 Å². The van der Waals surface area contributed by atoms with Crippen molar-refractivity contribution < 1.29 is 34.0 Å². The number of hydrogen-bond acceptors (Lipinski definition) is 5. The molecular weight excluding hydrogens is 328 g/mol. The van der Waals surface area contributed by atoms with Gasteiger partial charge in [-0.3, -0.25) is 0 Å². The van der Waals surface area contributed by atoms with Crippen molar-refractivity contribution in [3.8, 4) is 28.4 Å². The van der Waals surface area contributed by atoms with Gasteiger partial charge in [0.1, 0.15) is 0 Å². The van der Waals surface area contributed by atoms with Gasteiger partial charge >= 0.3 is 11.9 Å². The molecule has 7 nitrogen and oxygen atoms in total. The molecule has 0 saturated carbocycles. The van der Waals surface area contributed by atoms with Crippen LogP contribution in [0.25, 0.3) is 11.1 Å². The highest BCUT2D eigenvalue weighted by Crippen LogP contribution is 2.42. The number of ether oxygens (including phenoxy) is 3. The first kappa shape index (κ1) is 18.1. The Bertz CT molecular complexity index is 815. The fourth-order valence-electron chi connectivity index (χ4n) is 2.70. The van der Waals surface area contributed by atoms with Crippen LogP contribution in [0.2, 0.25) is 0 Å². The zero-order valence-electron chi connectivity index (χ0n) is 14.2. The minimum Gasteiger partial charge on any atom is -0.493 e. The van der Waals surface area contributed by atoms with Crippen LogP contribution < -0.4 is 14.2 Å². The molecule has 2 N–H and O–H groups in total. The molecule has 0 bridgehead atoms. The molecule has 0 saturated heterocycles. The lowest BCUT2D eigenvalue weighted by atomic mass is 9.92. The van der Waals surface area contributed by atoms with Crippen LogP contribution in [0.15, 0.2) is 24.3 Å². The van der Waals surface area contributed by atoms with E-state index in [0.29, 0.717) is 28.4 Å². The van der Waals surface area contributed by atoms with Crippen LogP contribution >= 0.6 is 0 Å². The second kappa shape index (κ2) is 7.12. The van der Waals surface area contributed by atoms with Crippen molar-refractivity contribution >= 4 is 11.9 Å². The van der Waals surface area contributed by atoms with E-state index in [9.17, 15) is 19.8 Å². The predicted molar refractivity (Wildman–Crippen MR) is 90.2 cm³/mol. The molecule has 0 aliphatic rings. The van der Waals surface area contributed by atoms with E-state index in [1.165, 1.54) is 40.4 Å². The summed E-state index contributed by atoms with van der Waals surface area (Å²) in [5.41, 5.74) is 0.884. The van der Waals surface area contributed by atoms with Gasteiger partial charge < -0.3 is 24.4 Å². The maximum atomic E-state index is 11.7. The lowest BCUT2D eigenvalue weighted by Gasteiger charge is -2.16. The van der Waals surface area contributed by atoms with Crippen LogP contribution in [0.1, 0.15) is 26.3 Å². The normalized spacial score (nSPS) is 10.2. The third kappa shape index (κ3) is 3.21. The van der Waals surface area contributed by atoms with Crippen molar-refractivity contribution in [2.24, 2.45) is 0 Å². The number of carbonyl (C=O) groups is 2. The van der Waals surface area contributed by atoms with Crippen LogP contribution in [0.3, 0.4) is 0 Å². The molecule has 0 amide bonds. The Morgan fingerprint density at radius 1 is 0.880 bits per heavy atom. The molecular formula is C18H18O7. The van der Waals surface area contributed by atoms with Crippen molar-refractivity contribution in [3.63, 3.8) is 0 Å². The second-order valence-electron chi connectivity index (χ2n) is 5.19. The monoisotopic (exact) mass is 346 g/mol. The smallest absolute Gasteiger partial charge is 0.336 e. The Morgan fingerprint density at radius 2 is 1.44 bits per heavy atom. The summed E-state index contributed by atoms with van der Waals surface area (Å²) in [6.45, 7) is 1.47. The molecule has 2 aromatic carbocycles. The van der Waals surface area contributed by atoms with Crippen LogP contribution in [-0.4, -0.2) is 43.5 Å². The Hall–Kier alpha value is -3.22. The fraction of sp³-hybridized carbons (Fsp3) is 0.222. The van der Waals surface area contributed by atoms with Gasteiger partial charge in [-0.1, -0.05) is 6.07 Å². The Labute approximate surface area is 144 Å². The SMILES string of the molecule is COc1cc(-c2ccc(C(=O)O)c(C)c2C(=O)O)cc(OC)c1OC. The average Bonchev–Trinajstić information content (AvgIpc) is 2.59. The van der Waals surface area contributed by atoms with Gasteiger partial charge in [0.15, 0.2) is 11.5 Å². The summed E-state index contributed by atoms with van der Waals surface area (Å²) in [6, 6.07) is 6.06. The molecule has 0 radical (unpaired) electrons. The zero-order valence-corrected chi connectivity index (χ0v) is 14.2. The van der Waals surface area contributed by atoms with Gasteiger partial charge in [-0.25, -0.2) is 9.59 Å². The van der Waals surface area contributed by atoms with E-state index in [2.05, 4.69) is 0 Å². The van der Waals surface area contributed by atoms with Crippen molar-refractivity contribution in [3.05, 3.63) is 41.0 Å². The number of aromatic carboxylic acids is 2. The molecule has 0 unspecified atom stereocenters. The summed E-state index contributed by atoms with van der Waals surface area (Å²) in [5, 5.41) is 18.8. The molecule has 0 atom stereocenters. The third-order valence-electron chi connectivity index (χ3n) is 3.89. The highest BCUT2D eigenvalue weighted by Gasteiger charge is 2.22. The molecule has 0 spiro atoms. The average molecular weight is 346 g/mol. The molecule has 0 fully saturated rings. The molecule has 7 heteroatoms. The van der Waals surface area contributed by atoms with E-state index < -0.39 is 11.9 Å². The number of carboxylic acid groups (broad SMARTS) is 2. The first-order valence-corrected chi connectivity index (χ1v) is 7.26. The lowest BCUT2D eigenvalue weighted by molar-refractivity contribution is 0.0696. The first-order valence-electron chi connectivity index (χ1n) is 7.26. The minimum absolute atomic E-state index is 0.0615. The molecule has 0 heterocycles. The van der Waals surface area contributed by atoms with Gasteiger partial charge in [0.25, 0.3) is 0 Å². The van der Waals surface area contributed by atoms with Crippen LogP contribution in [0.5, 0.6) is 17.2 Å². The summed E-state index contributed by atoms with van der Waals surface area (Å²) >= 11 is 0. The maximum absolute atomic E-state index is 11.7. The summed E-state index contributed by atoms with van der Waals surface area (Å²) in [4.78, 5) is 23.0. The van der Waals surface area contributed by atoms with Crippen LogP contribution in [0, 0.1) is 6.92 Å². The summed E-state index contributed by atoms with van der Waals surface area (Å²) in [5.74, 6) is -1.29. The largest absolute Gasteiger partial charge is 0.493 e. The summed E-state index contributed by atoms with van der Waals surface area (Å²) in [6.07, 6.45) is 0. The predicted octanol–water partition coefficient (Wildman–Crippen LogP) is 3.08. The van der Waals surface area contributed by atoms with Crippen LogP contribution in [-0.2, 0) is 0 Å². The van der Waals surface area contributed by atoms with E-state index in [0.717, 1.165) is 0 Å². The number of carboxylic acids is 2. The highest BCUT2D eigenvalue weighted by molar-refractivity contribution is 6.02. The van der Waals surface area contributed by atoms with E-state index >= 15 is 0 Å². The Kier molecular flexibility index (Phi) is 5.17. The molecule has 25 heavy (non-hydrogen) atoms. The number of hydrogen-bond donors (Lipinski definition) is 2. The molecule has 132 valence electrons. The van der Waals surface area contributed by atoms with Crippen LogP contribution in [0.4, 0.5) is 0 Å². The topological polar surface area (TPSA) is 102 Å². The Morgan fingerprint density at radius 3 is 1.84 bits per heavy atom. The van der Waals surface area contributed by atoms with Gasteiger partial charge in [-0.15, -0.1) is 0 Å². The van der Waals surface area contributed by atoms with E-state index in [1.807, 2.05) is 0 Å². The van der Waals surface area contributed by atoms with Gasteiger partial charge in [0, 0.05) is 0 Å².